The van der Waals surface area contributed by atoms with E-state index in [1.54, 1.807) is 0 Å². The predicted molar refractivity (Wildman–Crippen MR) is 110 cm³/mol. The summed E-state index contributed by atoms with van der Waals surface area (Å²) < 4.78 is 11.1. The molecule has 0 aromatic heterocycles. The Bertz CT molecular complexity index is 819. The third kappa shape index (κ3) is 2.86. The van der Waals surface area contributed by atoms with E-state index in [9.17, 15) is 0 Å². The Balaban J connectivity index is 0.00000104. The average molecular weight is 439 g/mol. The summed E-state index contributed by atoms with van der Waals surface area (Å²) in [6.45, 7) is 0. The number of hydrogen-bond donors (Lipinski definition) is 0. The Labute approximate surface area is 158 Å². The topological polar surface area (TPSA) is 0 Å². The van der Waals surface area contributed by atoms with Gasteiger partial charge in [0.05, 0.1) is 0 Å². The molecule has 0 N–H and O–H groups in total. The van der Waals surface area contributed by atoms with Crippen LogP contribution in [0.2, 0.25) is 9.26 Å². The molecule has 0 radical (unpaired) electrons. The number of benzene rings is 2. The van der Waals surface area contributed by atoms with E-state index in [2.05, 4.69) is 82.1 Å². The molecule has 0 amide bonds. The van der Waals surface area contributed by atoms with Crippen LogP contribution in [0, 0.1) is 0 Å². The van der Waals surface area contributed by atoms with Gasteiger partial charge < -0.3 is 0 Å². The van der Waals surface area contributed by atoms with Crippen LogP contribution in [0.4, 0.5) is 0 Å². The monoisotopic (exact) mass is 436 g/mol. The molecule has 24 heavy (non-hydrogen) atoms. The molecule has 2 unspecified atom stereocenters. The van der Waals surface area contributed by atoms with Crippen molar-refractivity contribution in [2.75, 3.05) is 0 Å². The zero-order valence-corrected chi connectivity index (χ0v) is 18.2. The van der Waals surface area contributed by atoms with Crippen molar-refractivity contribution in [1.82, 2.24) is 0 Å². The predicted octanol–water partition coefficient (Wildman–Crippen LogP) is 6.58. The normalized spacial score (nSPS) is 20.8. The van der Waals surface area contributed by atoms with Gasteiger partial charge in [-0.25, -0.2) is 0 Å². The minimum absolute atomic E-state index is 0. The van der Waals surface area contributed by atoms with E-state index in [4.69, 9.17) is 4.21 Å². The van der Waals surface area contributed by atoms with Crippen LogP contribution in [-0.4, -0.2) is 4.21 Å². The average Bonchev–Trinajstić information content (AvgIpc) is 3.12. The quantitative estimate of drug-likeness (QED) is 0.497. The summed E-state index contributed by atoms with van der Waals surface area (Å²) in [5.41, 5.74) is 5.75. The van der Waals surface area contributed by atoms with E-state index >= 15 is 0 Å². The van der Waals surface area contributed by atoms with Crippen molar-refractivity contribution in [2.24, 2.45) is 0 Å². The van der Waals surface area contributed by atoms with Gasteiger partial charge in [-0.2, -0.15) is 0 Å². The Morgan fingerprint density at radius 2 is 1.08 bits per heavy atom. The van der Waals surface area contributed by atoms with Crippen molar-refractivity contribution in [1.29, 1.82) is 0 Å². The second-order valence-corrected chi connectivity index (χ2v) is 25.4. The van der Waals surface area contributed by atoms with Gasteiger partial charge in [0.2, 0.25) is 0 Å². The van der Waals surface area contributed by atoms with Crippen LogP contribution >= 0.6 is 24.8 Å². The van der Waals surface area contributed by atoms with Crippen LogP contribution in [0.1, 0.15) is 29.5 Å². The number of halogens is 2. The minimum atomic E-state index is -3.29. The van der Waals surface area contributed by atoms with Crippen molar-refractivity contribution >= 4 is 41.2 Å². The third-order valence-electron chi connectivity index (χ3n) is 5.64. The first-order valence-corrected chi connectivity index (χ1v) is 17.6. The maximum atomic E-state index is 4.97. The van der Waals surface area contributed by atoms with Gasteiger partial charge in [-0.1, -0.05) is 0 Å². The van der Waals surface area contributed by atoms with Gasteiger partial charge in [0.25, 0.3) is 0 Å². The summed E-state index contributed by atoms with van der Waals surface area (Å²) in [6.07, 6.45) is 9.46. The molecule has 0 saturated carbocycles. The zero-order valence-electron chi connectivity index (χ0n) is 14.1. The van der Waals surface area contributed by atoms with Crippen LogP contribution in [-0.2, 0) is 18.3 Å². The van der Waals surface area contributed by atoms with Crippen LogP contribution in [0.3, 0.4) is 0 Å². The molecule has 0 aliphatic heterocycles. The van der Waals surface area contributed by atoms with Crippen molar-refractivity contribution in [3.63, 3.8) is 0 Å². The molecule has 2 atom stereocenters. The second-order valence-electron chi connectivity index (χ2n) is 7.87. The molecule has 0 spiro atoms. The molecule has 0 nitrogen and oxygen atoms in total. The number of rotatable bonds is 2. The Morgan fingerprint density at radius 1 is 0.708 bits per heavy atom. The van der Waals surface area contributed by atoms with Crippen LogP contribution < -0.4 is 0 Å². The van der Waals surface area contributed by atoms with E-state index < -0.39 is 18.3 Å². The molecule has 0 bridgehead atoms. The molecule has 0 heterocycles. The number of fused-ring (bicyclic) bond motifs is 2. The molecule has 2 aliphatic rings. The SMILES string of the molecule is Cl.Cl.[CH2]=[Zr]([CH3])([CH3])([CH]1C=Cc2ccccc21)[CH]1C=Cc2ccccc21. The van der Waals surface area contributed by atoms with Crippen molar-refractivity contribution < 1.29 is 18.3 Å². The zero-order chi connectivity index (χ0) is 15.4. The molecule has 126 valence electrons. The number of allylic oxidation sites excluding steroid dienone is 2. The van der Waals surface area contributed by atoms with Crippen LogP contribution in [0.15, 0.2) is 60.7 Å². The fraction of sp³-hybridized carbons (Fsp3) is 0.190. The summed E-state index contributed by atoms with van der Waals surface area (Å²) in [5.74, 6) is 0. The maximum absolute atomic E-state index is 4.97. The molecule has 3 heteroatoms. The van der Waals surface area contributed by atoms with E-state index in [0.29, 0.717) is 7.25 Å². The van der Waals surface area contributed by atoms with Crippen LogP contribution in [0.25, 0.3) is 12.2 Å². The fourth-order valence-corrected chi connectivity index (χ4v) is 15.2. The van der Waals surface area contributed by atoms with Gasteiger partial charge in [-0.05, 0) is 0 Å². The molecular weight excluding hydrogens is 414 g/mol. The van der Waals surface area contributed by atoms with E-state index in [1.807, 2.05) is 0 Å². The Hall–Kier alpha value is -0.747. The summed E-state index contributed by atoms with van der Waals surface area (Å²) >= 11 is -3.29. The van der Waals surface area contributed by atoms with Crippen molar-refractivity contribution in [3.8, 4) is 0 Å². The van der Waals surface area contributed by atoms with E-state index in [0.717, 1.165) is 0 Å². The first-order chi connectivity index (χ1) is 10.5. The second kappa shape index (κ2) is 6.52. The van der Waals surface area contributed by atoms with E-state index in [1.165, 1.54) is 22.3 Å². The third-order valence-corrected chi connectivity index (χ3v) is 18.2. The summed E-state index contributed by atoms with van der Waals surface area (Å²) in [7, 11) is 0. The van der Waals surface area contributed by atoms with Gasteiger partial charge in [0.15, 0.2) is 0 Å². The van der Waals surface area contributed by atoms with Crippen molar-refractivity contribution in [3.05, 3.63) is 82.9 Å². The van der Waals surface area contributed by atoms with E-state index in [-0.39, 0.29) is 24.8 Å². The van der Waals surface area contributed by atoms with Crippen molar-refractivity contribution in [2.45, 2.75) is 16.5 Å². The molecule has 2 aromatic rings. The number of hydrogen-bond acceptors (Lipinski definition) is 0. The molecule has 4 rings (SSSR count). The van der Waals surface area contributed by atoms with Gasteiger partial charge in [0.1, 0.15) is 0 Å². The summed E-state index contributed by atoms with van der Waals surface area (Å²) in [5, 5.41) is 0. The van der Waals surface area contributed by atoms with Gasteiger partial charge >= 0.3 is 134 Å². The Morgan fingerprint density at radius 3 is 1.50 bits per heavy atom. The fourth-order valence-electron chi connectivity index (χ4n) is 4.35. The first kappa shape index (κ1) is 19.6. The molecule has 0 saturated heterocycles. The van der Waals surface area contributed by atoms with Gasteiger partial charge in [-0.15, -0.1) is 24.8 Å². The summed E-state index contributed by atoms with van der Waals surface area (Å²) in [6, 6.07) is 17.7. The van der Waals surface area contributed by atoms with Crippen LogP contribution in [0.5, 0.6) is 0 Å². The van der Waals surface area contributed by atoms with Gasteiger partial charge in [0, 0.05) is 0 Å². The molecular formula is C21H24Cl2Zr. The molecule has 2 aromatic carbocycles. The molecule has 0 fully saturated rings. The Kier molecular flexibility index (Phi) is 5.32. The molecule has 2 aliphatic carbocycles. The standard InChI is InChI=1S/2C9H7.2CH3.CH2.2ClH.Zr/c2*1-2-5-9-7-3-6-8(9)4-1;;;;;;/h2*1-7H;2*1H3;1H2;2*1H;. The first-order valence-electron chi connectivity index (χ1n) is 8.07. The van der Waals surface area contributed by atoms with Gasteiger partial charge in [-0.3, -0.25) is 0 Å². The summed E-state index contributed by atoms with van der Waals surface area (Å²) in [4.78, 5) is 0.